The van der Waals surface area contributed by atoms with Crippen LogP contribution in [0, 0.1) is 13.8 Å². The lowest BCUT2D eigenvalue weighted by Crippen LogP contribution is -2.18. The summed E-state index contributed by atoms with van der Waals surface area (Å²) in [6, 6.07) is 20.3. The molecule has 25 heavy (non-hydrogen) atoms. The van der Waals surface area contributed by atoms with E-state index in [2.05, 4.69) is 4.98 Å². The molecule has 1 aromatic heterocycles. The Morgan fingerprint density at radius 2 is 1.44 bits per heavy atom. The number of benzene rings is 2. The van der Waals surface area contributed by atoms with Gasteiger partial charge in [-0.1, -0.05) is 60.7 Å². The van der Waals surface area contributed by atoms with Crippen molar-refractivity contribution in [2.24, 2.45) is 0 Å². The number of hydrogen-bond donors (Lipinski definition) is 1. The van der Waals surface area contributed by atoms with Gasteiger partial charge in [0.2, 0.25) is 0 Å². The highest BCUT2D eigenvalue weighted by Crippen LogP contribution is 2.28. The highest BCUT2D eigenvalue weighted by atomic mass is 16.1. The summed E-state index contributed by atoms with van der Waals surface area (Å²) in [7, 11) is 0. The van der Waals surface area contributed by atoms with Crippen LogP contribution < -0.4 is 0 Å². The molecule has 0 saturated heterocycles. The highest BCUT2D eigenvalue weighted by Gasteiger charge is 2.28. The zero-order chi connectivity index (χ0) is 17.8. The predicted molar refractivity (Wildman–Crippen MR) is 99.2 cm³/mol. The van der Waals surface area contributed by atoms with Gasteiger partial charge in [0.15, 0.2) is 11.6 Å². The number of ketones is 2. The van der Waals surface area contributed by atoms with Gasteiger partial charge in [-0.25, -0.2) is 0 Å². The Balaban J connectivity index is 1.96. The molecule has 3 aromatic rings. The fourth-order valence-corrected chi connectivity index (χ4v) is 3.17. The third kappa shape index (κ3) is 3.77. The number of hydrogen-bond acceptors (Lipinski definition) is 2. The zero-order valence-corrected chi connectivity index (χ0v) is 14.5. The lowest BCUT2D eigenvalue weighted by Gasteiger charge is -2.16. The first-order valence-corrected chi connectivity index (χ1v) is 8.40. The van der Waals surface area contributed by atoms with E-state index in [1.54, 1.807) is 24.3 Å². The first kappa shape index (κ1) is 16.9. The summed E-state index contributed by atoms with van der Waals surface area (Å²) >= 11 is 0. The lowest BCUT2D eigenvalue weighted by molar-refractivity contribution is 0.0891. The molecule has 126 valence electrons. The van der Waals surface area contributed by atoms with Gasteiger partial charge in [0.25, 0.3) is 0 Å². The molecule has 1 unspecified atom stereocenters. The van der Waals surface area contributed by atoms with Gasteiger partial charge in [0, 0.05) is 28.9 Å². The van der Waals surface area contributed by atoms with E-state index in [9.17, 15) is 9.59 Å². The second-order valence-electron chi connectivity index (χ2n) is 6.33. The molecule has 0 aliphatic heterocycles. The summed E-state index contributed by atoms with van der Waals surface area (Å²) in [6.45, 7) is 3.93. The molecule has 0 spiro atoms. The van der Waals surface area contributed by atoms with E-state index < -0.39 is 5.92 Å². The van der Waals surface area contributed by atoms with Gasteiger partial charge in [-0.3, -0.25) is 9.59 Å². The van der Waals surface area contributed by atoms with Gasteiger partial charge in [-0.2, -0.15) is 0 Å². The van der Waals surface area contributed by atoms with Crippen molar-refractivity contribution in [2.75, 3.05) is 0 Å². The van der Waals surface area contributed by atoms with Gasteiger partial charge < -0.3 is 4.98 Å². The average Bonchev–Trinajstić information content (AvgIpc) is 2.98. The third-order valence-corrected chi connectivity index (χ3v) is 4.40. The minimum absolute atomic E-state index is 0.0264. The second-order valence-corrected chi connectivity index (χ2v) is 6.33. The zero-order valence-electron chi connectivity index (χ0n) is 14.5. The predicted octanol–water partition coefficient (Wildman–Crippen LogP) is 4.87. The van der Waals surface area contributed by atoms with Crippen molar-refractivity contribution in [1.82, 2.24) is 4.98 Å². The third-order valence-electron chi connectivity index (χ3n) is 4.40. The lowest BCUT2D eigenvalue weighted by atomic mass is 9.87. The molecule has 1 heterocycles. The van der Waals surface area contributed by atoms with Crippen molar-refractivity contribution in [1.29, 1.82) is 0 Å². The Morgan fingerprint density at radius 3 is 1.96 bits per heavy atom. The van der Waals surface area contributed by atoms with Crippen molar-refractivity contribution in [3.63, 3.8) is 0 Å². The van der Waals surface area contributed by atoms with E-state index in [0.29, 0.717) is 11.1 Å². The molecule has 3 nitrogen and oxygen atoms in total. The van der Waals surface area contributed by atoms with Crippen molar-refractivity contribution in [3.8, 4) is 0 Å². The molecule has 3 rings (SSSR count). The van der Waals surface area contributed by atoms with Gasteiger partial charge in [-0.05, 0) is 25.5 Å². The van der Waals surface area contributed by atoms with Crippen LogP contribution in [0.3, 0.4) is 0 Å². The van der Waals surface area contributed by atoms with Crippen LogP contribution in [0.1, 0.15) is 50.0 Å². The molecule has 1 N–H and O–H groups in total. The number of Topliss-reactive ketones (excluding diaryl/α,β-unsaturated/α-hetero) is 2. The van der Waals surface area contributed by atoms with Gasteiger partial charge >= 0.3 is 0 Å². The first-order chi connectivity index (χ1) is 12.1. The van der Waals surface area contributed by atoms with Crippen LogP contribution in [-0.4, -0.2) is 16.6 Å². The standard InChI is InChI=1S/C22H21NO2/c1-15-13-16(2)23-21(15)19(22(25)18-11-7-4-8-12-18)14-20(24)17-9-5-3-6-10-17/h3-13,19,23H,14H2,1-2H3. The average molecular weight is 331 g/mol. The summed E-state index contributed by atoms with van der Waals surface area (Å²) in [5.41, 5.74) is 4.09. The summed E-state index contributed by atoms with van der Waals surface area (Å²) < 4.78 is 0. The minimum Gasteiger partial charge on any atom is -0.362 e. The maximum absolute atomic E-state index is 13.1. The molecular weight excluding hydrogens is 310 g/mol. The number of aryl methyl sites for hydroxylation is 2. The number of carbonyl (C=O) groups excluding carboxylic acids is 2. The van der Waals surface area contributed by atoms with Gasteiger partial charge in [0.05, 0.1) is 5.92 Å². The first-order valence-electron chi connectivity index (χ1n) is 8.40. The normalized spacial score (nSPS) is 11.9. The Morgan fingerprint density at radius 1 is 0.880 bits per heavy atom. The SMILES string of the molecule is Cc1cc(C)c(C(CC(=O)c2ccccc2)C(=O)c2ccccc2)[nH]1. The molecule has 3 heteroatoms. The van der Waals surface area contributed by atoms with Crippen molar-refractivity contribution < 1.29 is 9.59 Å². The highest BCUT2D eigenvalue weighted by molar-refractivity contribution is 6.06. The molecule has 0 aliphatic carbocycles. The van der Waals surface area contributed by atoms with Crippen LogP contribution in [0.25, 0.3) is 0 Å². The molecule has 0 saturated carbocycles. The van der Waals surface area contributed by atoms with Crippen LogP contribution in [0.2, 0.25) is 0 Å². The number of nitrogens with one attached hydrogen (secondary N) is 1. The molecule has 0 aliphatic rings. The van der Waals surface area contributed by atoms with Crippen LogP contribution in [0.5, 0.6) is 0 Å². The van der Waals surface area contributed by atoms with E-state index in [-0.39, 0.29) is 18.0 Å². The van der Waals surface area contributed by atoms with Crippen molar-refractivity contribution >= 4 is 11.6 Å². The van der Waals surface area contributed by atoms with E-state index in [1.165, 1.54) is 0 Å². The fraction of sp³-hybridized carbons (Fsp3) is 0.182. The van der Waals surface area contributed by atoms with E-state index >= 15 is 0 Å². The minimum atomic E-state index is -0.510. The van der Waals surface area contributed by atoms with Crippen LogP contribution in [-0.2, 0) is 0 Å². The van der Waals surface area contributed by atoms with Crippen molar-refractivity contribution in [3.05, 3.63) is 94.8 Å². The molecule has 0 bridgehead atoms. The Labute approximate surface area is 147 Å². The number of carbonyl (C=O) groups is 2. The molecule has 0 fully saturated rings. The van der Waals surface area contributed by atoms with Crippen LogP contribution in [0.4, 0.5) is 0 Å². The monoisotopic (exact) mass is 331 g/mol. The van der Waals surface area contributed by atoms with Crippen LogP contribution in [0.15, 0.2) is 66.7 Å². The van der Waals surface area contributed by atoms with Gasteiger partial charge in [0.1, 0.15) is 0 Å². The smallest absolute Gasteiger partial charge is 0.172 e. The summed E-state index contributed by atoms with van der Waals surface area (Å²) in [6.07, 6.45) is 0.151. The summed E-state index contributed by atoms with van der Waals surface area (Å²) in [5, 5.41) is 0. The maximum atomic E-state index is 13.1. The van der Waals surface area contributed by atoms with E-state index in [1.807, 2.05) is 56.3 Å². The molecule has 0 radical (unpaired) electrons. The molecule has 2 aromatic carbocycles. The Hall–Kier alpha value is -2.94. The largest absolute Gasteiger partial charge is 0.362 e. The number of H-pyrrole nitrogens is 1. The Bertz CT molecular complexity index is 879. The molecule has 0 amide bonds. The summed E-state index contributed by atoms with van der Waals surface area (Å²) in [5.74, 6) is -0.569. The molecule has 1 atom stereocenters. The maximum Gasteiger partial charge on any atom is 0.172 e. The number of aromatic amines is 1. The van der Waals surface area contributed by atoms with E-state index in [0.717, 1.165) is 17.0 Å². The number of rotatable bonds is 6. The van der Waals surface area contributed by atoms with E-state index in [4.69, 9.17) is 0 Å². The quantitative estimate of drug-likeness (QED) is 0.655. The fourth-order valence-electron chi connectivity index (χ4n) is 3.17. The Kier molecular flexibility index (Phi) is 4.94. The van der Waals surface area contributed by atoms with Gasteiger partial charge in [-0.15, -0.1) is 0 Å². The molecular formula is C22H21NO2. The topological polar surface area (TPSA) is 49.9 Å². The number of aromatic nitrogens is 1. The summed E-state index contributed by atoms with van der Waals surface area (Å²) in [4.78, 5) is 29.1. The second kappa shape index (κ2) is 7.31. The van der Waals surface area contributed by atoms with Crippen molar-refractivity contribution in [2.45, 2.75) is 26.2 Å². The van der Waals surface area contributed by atoms with Crippen LogP contribution >= 0.6 is 0 Å².